The molecule has 2 aromatic rings. The summed E-state index contributed by atoms with van der Waals surface area (Å²) in [6.45, 7) is 0.982. The Bertz CT molecular complexity index is 934. The van der Waals surface area contributed by atoms with Crippen molar-refractivity contribution in [3.05, 3.63) is 45.9 Å². The summed E-state index contributed by atoms with van der Waals surface area (Å²) in [5, 5.41) is 5.53. The Hall–Kier alpha value is -2.97. The van der Waals surface area contributed by atoms with Crippen molar-refractivity contribution in [2.45, 2.75) is 6.92 Å². The van der Waals surface area contributed by atoms with Crippen LogP contribution in [0.15, 0.2) is 30.3 Å². The summed E-state index contributed by atoms with van der Waals surface area (Å²) in [7, 11) is 1.36. The fraction of sp³-hybridized carbons (Fsp3) is 0.167. The van der Waals surface area contributed by atoms with Gasteiger partial charge in [-0.2, -0.15) is 0 Å². The van der Waals surface area contributed by atoms with E-state index in [4.69, 9.17) is 38.4 Å². The number of halogens is 2. The van der Waals surface area contributed by atoms with Crippen molar-refractivity contribution in [1.29, 1.82) is 0 Å². The van der Waals surface area contributed by atoms with Crippen LogP contribution < -0.4 is 25.8 Å². The molecule has 0 aromatic heterocycles. The molecule has 10 heteroatoms. The smallest absolute Gasteiger partial charge is 0.255 e. The van der Waals surface area contributed by atoms with Crippen molar-refractivity contribution in [2.75, 3.05) is 24.4 Å². The summed E-state index contributed by atoms with van der Waals surface area (Å²) in [6.07, 6.45) is 0. The highest BCUT2D eigenvalue weighted by atomic mass is 35.5. The van der Waals surface area contributed by atoms with Gasteiger partial charge in [-0.25, -0.2) is 0 Å². The van der Waals surface area contributed by atoms with Crippen molar-refractivity contribution in [2.24, 2.45) is 5.73 Å². The van der Waals surface area contributed by atoms with Gasteiger partial charge in [-0.15, -0.1) is 0 Å². The van der Waals surface area contributed by atoms with E-state index < -0.39 is 18.4 Å². The van der Waals surface area contributed by atoms with Gasteiger partial charge in [0.15, 0.2) is 18.1 Å². The fourth-order valence-corrected chi connectivity index (χ4v) is 2.72. The first-order valence-corrected chi connectivity index (χ1v) is 8.64. The first-order chi connectivity index (χ1) is 13.2. The fourth-order valence-electron chi connectivity index (χ4n) is 2.23. The summed E-state index contributed by atoms with van der Waals surface area (Å²) >= 11 is 12.3. The van der Waals surface area contributed by atoms with E-state index in [2.05, 4.69) is 10.6 Å². The molecule has 2 rings (SSSR count). The second-order valence-corrected chi connectivity index (χ2v) is 6.39. The summed E-state index contributed by atoms with van der Waals surface area (Å²) in [5.74, 6) is -1.18. The van der Waals surface area contributed by atoms with E-state index in [1.165, 1.54) is 32.2 Å². The normalized spacial score (nSPS) is 10.1. The molecule has 0 heterocycles. The molecule has 3 amide bonds. The number of ether oxygens (including phenoxy) is 2. The minimum atomic E-state index is -0.683. The molecule has 0 radical (unpaired) electrons. The molecule has 148 valence electrons. The Morgan fingerprint density at radius 1 is 1.07 bits per heavy atom. The van der Waals surface area contributed by atoms with Crippen LogP contribution in [0.25, 0.3) is 0 Å². The quantitative estimate of drug-likeness (QED) is 0.629. The van der Waals surface area contributed by atoms with Gasteiger partial charge in [-0.3, -0.25) is 14.4 Å². The molecule has 0 atom stereocenters. The third-order valence-corrected chi connectivity index (χ3v) is 3.98. The van der Waals surface area contributed by atoms with Crippen molar-refractivity contribution in [1.82, 2.24) is 0 Å². The molecule has 0 bridgehead atoms. The minimum Gasteiger partial charge on any atom is -0.493 e. The largest absolute Gasteiger partial charge is 0.493 e. The Labute approximate surface area is 170 Å². The number of amides is 3. The SMILES string of the molecule is COc1cc(C(=O)Nc2ccc(NC(C)=O)cc2Cl)cc(Cl)c1OCC(N)=O. The van der Waals surface area contributed by atoms with Crippen LogP contribution in [0.5, 0.6) is 11.5 Å². The monoisotopic (exact) mass is 425 g/mol. The first-order valence-electron chi connectivity index (χ1n) is 7.88. The number of hydrogen-bond acceptors (Lipinski definition) is 5. The van der Waals surface area contributed by atoms with Crippen molar-refractivity contribution in [3.8, 4) is 11.5 Å². The molecule has 0 aliphatic heterocycles. The number of benzene rings is 2. The van der Waals surface area contributed by atoms with Crippen LogP contribution in [-0.2, 0) is 9.59 Å². The number of nitrogens with one attached hydrogen (secondary N) is 2. The molecule has 0 saturated heterocycles. The Balaban J connectivity index is 2.23. The molecule has 0 aliphatic rings. The second kappa shape index (κ2) is 9.29. The number of carbonyl (C=O) groups is 3. The first kappa shape index (κ1) is 21.3. The maximum Gasteiger partial charge on any atom is 0.255 e. The van der Waals surface area contributed by atoms with Gasteiger partial charge < -0.3 is 25.8 Å². The summed E-state index contributed by atoms with van der Waals surface area (Å²) in [5.41, 5.74) is 6.06. The number of anilines is 2. The number of hydrogen-bond donors (Lipinski definition) is 3. The molecule has 0 saturated carbocycles. The third-order valence-electron chi connectivity index (χ3n) is 3.39. The van der Waals surface area contributed by atoms with Gasteiger partial charge in [0.2, 0.25) is 5.91 Å². The highest BCUT2D eigenvalue weighted by Gasteiger charge is 2.17. The number of primary amides is 1. The predicted molar refractivity (Wildman–Crippen MR) is 106 cm³/mol. The van der Waals surface area contributed by atoms with E-state index >= 15 is 0 Å². The lowest BCUT2D eigenvalue weighted by molar-refractivity contribution is -0.120. The third kappa shape index (κ3) is 5.51. The van der Waals surface area contributed by atoms with Gasteiger partial charge in [-0.05, 0) is 30.3 Å². The zero-order chi connectivity index (χ0) is 20.8. The maximum absolute atomic E-state index is 12.6. The second-order valence-electron chi connectivity index (χ2n) is 5.57. The van der Waals surface area contributed by atoms with E-state index in [-0.39, 0.29) is 33.0 Å². The molecular weight excluding hydrogens is 409 g/mol. The van der Waals surface area contributed by atoms with E-state index in [1.807, 2.05) is 0 Å². The lowest BCUT2D eigenvalue weighted by Crippen LogP contribution is -2.20. The molecule has 28 heavy (non-hydrogen) atoms. The Kier molecular flexibility index (Phi) is 7.08. The lowest BCUT2D eigenvalue weighted by atomic mass is 10.1. The molecule has 0 aliphatic carbocycles. The molecule has 2 aromatic carbocycles. The van der Waals surface area contributed by atoms with Gasteiger partial charge in [-0.1, -0.05) is 23.2 Å². The van der Waals surface area contributed by atoms with Crippen molar-refractivity contribution in [3.63, 3.8) is 0 Å². The number of nitrogens with two attached hydrogens (primary N) is 1. The van der Waals surface area contributed by atoms with Crippen LogP contribution >= 0.6 is 23.2 Å². The average molecular weight is 426 g/mol. The summed E-state index contributed by atoms with van der Waals surface area (Å²) in [4.78, 5) is 34.5. The molecule has 0 fully saturated rings. The van der Waals surface area contributed by atoms with Crippen LogP contribution in [-0.4, -0.2) is 31.4 Å². The van der Waals surface area contributed by atoms with Gasteiger partial charge >= 0.3 is 0 Å². The molecule has 0 spiro atoms. The van der Waals surface area contributed by atoms with Gasteiger partial charge in [0, 0.05) is 18.2 Å². The summed E-state index contributed by atoms with van der Waals surface area (Å²) in [6, 6.07) is 7.41. The van der Waals surface area contributed by atoms with E-state index in [0.29, 0.717) is 11.4 Å². The number of carbonyl (C=O) groups excluding carboxylic acids is 3. The van der Waals surface area contributed by atoms with E-state index in [1.54, 1.807) is 12.1 Å². The molecule has 4 N–H and O–H groups in total. The van der Waals surface area contributed by atoms with Crippen LogP contribution in [0, 0.1) is 0 Å². The highest BCUT2D eigenvalue weighted by molar-refractivity contribution is 6.34. The zero-order valence-electron chi connectivity index (χ0n) is 15.0. The van der Waals surface area contributed by atoms with E-state index in [0.717, 1.165) is 0 Å². The number of methoxy groups -OCH3 is 1. The zero-order valence-corrected chi connectivity index (χ0v) is 16.5. The Morgan fingerprint density at radius 2 is 1.79 bits per heavy atom. The van der Waals surface area contributed by atoms with Gasteiger partial charge in [0.25, 0.3) is 11.8 Å². The lowest BCUT2D eigenvalue weighted by Gasteiger charge is -2.14. The van der Waals surface area contributed by atoms with Gasteiger partial charge in [0.05, 0.1) is 22.8 Å². The highest BCUT2D eigenvalue weighted by Crippen LogP contribution is 2.37. The maximum atomic E-state index is 12.6. The minimum absolute atomic E-state index is 0.0675. The van der Waals surface area contributed by atoms with Crippen molar-refractivity contribution >= 4 is 52.3 Å². The summed E-state index contributed by atoms with van der Waals surface area (Å²) < 4.78 is 10.4. The number of rotatable bonds is 7. The average Bonchev–Trinajstić information content (AvgIpc) is 2.61. The predicted octanol–water partition coefficient (Wildman–Crippen LogP) is 3.08. The molecular formula is C18H17Cl2N3O5. The van der Waals surface area contributed by atoms with Crippen molar-refractivity contribution < 1.29 is 23.9 Å². The molecule has 0 unspecified atom stereocenters. The standard InChI is InChI=1S/C18H17Cl2N3O5/c1-9(24)22-11-3-4-14(12(19)7-11)23-18(26)10-5-13(20)17(15(6-10)27-2)28-8-16(21)25/h3-7H,8H2,1-2H3,(H2,21,25)(H,22,24)(H,23,26). The van der Waals surface area contributed by atoms with Gasteiger partial charge in [0.1, 0.15) is 0 Å². The van der Waals surface area contributed by atoms with Crippen LogP contribution in [0.2, 0.25) is 10.0 Å². The van der Waals surface area contributed by atoms with Crippen LogP contribution in [0.3, 0.4) is 0 Å². The van der Waals surface area contributed by atoms with E-state index in [9.17, 15) is 14.4 Å². The van der Waals surface area contributed by atoms with Crippen LogP contribution in [0.4, 0.5) is 11.4 Å². The molecule has 8 nitrogen and oxygen atoms in total. The Morgan fingerprint density at radius 3 is 2.36 bits per heavy atom. The topological polar surface area (TPSA) is 120 Å². The van der Waals surface area contributed by atoms with Crippen LogP contribution in [0.1, 0.15) is 17.3 Å².